The molecule has 0 radical (unpaired) electrons. The molecule has 1 aliphatic carbocycles. The topological polar surface area (TPSA) is 118 Å². The minimum absolute atomic E-state index is 0.0260. The Morgan fingerprint density at radius 2 is 1.82 bits per heavy atom. The molecule has 2 heterocycles. The molecule has 1 spiro atoms. The molecule has 3 aliphatic rings. The average Bonchev–Trinajstić information content (AvgIpc) is 3.63. The first-order valence-electron chi connectivity index (χ1n) is 12.9. The van der Waals surface area contributed by atoms with Crippen LogP contribution in [-0.2, 0) is 31.8 Å². The van der Waals surface area contributed by atoms with E-state index in [-0.39, 0.29) is 55.8 Å². The maximum atomic E-state index is 13.1. The Morgan fingerprint density at radius 3 is 2.38 bits per heavy atom. The first-order valence-corrected chi connectivity index (χ1v) is 13.3. The summed E-state index contributed by atoms with van der Waals surface area (Å²) < 4.78 is 38.9. The number of amides is 3. The van der Waals surface area contributed by atoms with Gasteiger partial charge in [0, 0.05) is 32.6 Å². The van der Waals surface area contributed by atoms with E-state index in [1.54, 1.807) is 4.90 Å². The molecule has 9 nitrogen and oxygen atoms in total. The number of aliphatic hydroxyl groups excluding tert-OH is 1. The van der Waals surface area contributed by atoms with Gasteiger partial charge in [0.25, 0.3) is 0 Å². The van der Waals surface area contributed by atoms with Crippen LogP contribution in [0.1, 0.15) is 50.2 Å². The summed E-state index contributed by atoms with van der Waals surface area (Å²) in [4.78, 5) is 54.7. The van der Waals surface area contributed by atoms with E-state index in [1.165, 1.54) is 11.8 Å². The molecule has 0 unspecified atom stereocenters. The number of nitrogens with zero attached hydrogens (tertiary/aromatic N) is 3. The van der Waals surface area contributed by atoms with Crippen LogP contribution in [0.15, 0.2) is 18.2 Å². The van der Waals surface area contributed by atoms with Crippen LogP contribution < -0.4 is 0 Å². The summed E-state index contributed by atoms with van der Waals surface area (Å²) in [5, 5.41) is 19.6. The molecule has 0 aromatic heterocycles. The van der Waals surface area contributed by atoms with Gasteiger partial charge in [-0.1, -0.05) is 17.7 Å². The highest BCUT2D eigenvalue weighted by Gasteiger charge is 2.52. The molecule has 0 bridgehead atoms. The summed E-state index contributed by atoms with van der Waals surface area (Å²) in [6, 6.07) is 0.748. The van der Waals surface area contributed by atoms with Crippen molar-refractivity contribution >= 4 is 35.3 Å². The molecule has 13 heteroatoms. The SMILES string of the molecule is C[C@H]1C(=O)N([C@@H](CCC(=O)N2CCC3(CC3)[C@H](O)C2)C(=O)O)CCN1C(=O)Cc1ccc(C(F)(F)F)c(Cl)c1. The first-order chi connectivity index (χ1) is 18.2. The second-order valence-corrected chi connectivity index (χ2v) is 11.1. The van der Waals surface area contributed by atoms with Crippen molar-refractivity contribution < 1.29 is 42.6 Å². The van der Waals surface area contributed by atoms with Crippen molar-refractivity contribution in [1.29, 1.82) is 0 Å². The highest BCUT2D eigenvalue weighted by atomic mass is 35.5. The third-order valence-electron chi connectivity index (χ3n) is 8.22. The Labute approximate surface area is 228 Å². The number of alkyl halides is 3. The number of aliphatic carboxylic acids is 1. The van der Waals surface area contributed by atoms with Crippen LogP contribution in [0.5, 0.6) is 0 Å². The third-order valence-corrected chi connectivity index (χ3v) is 8.53. The zero-order chi connectivity index (χ0) is 28.7. The predicted molar refractivity (Wildman–Crippen MR) is 133 cm³/mol. The fourth-order valence-corrected chi connectivity index (χ4v) is 5.85. The number of carboxylic acid groups (broad SMARTS) is 1. The molecule has 1 saturated carbocycles. The van der Waals surface area contributed by atoms with Crippen LogP contribution in [-0.4, -0.2) is 93.0 Å². The van der Waals surface area contributed by atoms with Gasteiger partial charge in [-0.3, -0.25) is 14.4 Å². The summed E-state index contributed by atoms with van der Waals surface area (Å²) in [5.41, 5.74) is -0.838. The number of carboxylic acids is 1. The highest BCUT2D eigenvalue weighted by Crippen LogP contribution is 2.53. The van der Waals surface area contributed by atoms with Crippen molar-refractivity contribution in [1.82, 2.24) is 14.7 Å². The standard InChI is InChI=1S/C26H31ClF3N3O6/c1-15-23(37)33(11-10-32(15)22(36)13-16-2-3-17(18(27)12-16)26(28,29)30)19(24(38)39)4-5-21(35)31-9-8-25(6-7-25)20(34)14-31/h2-3,12,15,19-20,34H,4-11,13-14H2,1H3,(H,38,39)/t15-,19-,20+/m0/s1. The lowest BCUT2D eigenvalue weighted by Gasteiger charge is -2.41. The first kappa shape index (κ1) is 29.1. The minimum Gasteiger partial charge on any atom is -0.480 e. The summed E-state index contributed by atoms with van der Waals surface area (Å²) in [5.74, 6) is -2.65. The van der Waals surface area contributed by atoms with Gasteiger partial charge in [-0.15, -0.1) is 0 Å². The average molecular weight is 574 g/mol. The molecule has 1 aromatic carbocycles. The quantitative estimate of drug-likeness (QED) is 0.518. The van der Waals surface area contributed by atoms with Gasteiger partial charge in [0.15, 0.2) is 0 Å². The van der Waals surface area contributed by atoms with Crippen molar-refractivity contribution in [2.24, 2.45) is 5.41 Å². The van der Waals surface area contributed by atoms with Crippen molar-refractivity contribution in [2.75, 3.05) is 26.2 Å². The fourth-order valence-electron chi connectivity index (χ4n) is 5.54. The Hall–Kier alpha value is -2.86. The monoisotopic (exact) mass is 573 g/mol. The Balaban J connectivity index is 1.34. The molecule has 1 aromatic rings. The van der Waals surface area contributed by atoms with E-state index in [4.69, 9.17) is 11.6 Å². The van der Waals surface area contributed by atoms with E-state index in [0.717, 1.165) is 35.9 Å². The number of rotatable bonds is 7. The molecular weight excluding hydrogens is 543 g/mol. The second kappa shape index (κ2) is 11.0. The number of benzene rings is 1. The van der Waals surface area contributed by atoms with Crippen molar-refractivity contribution in [2.45, 2.75) is 69.8 Å². The van der Waals surface area contributed by atoms with Gasteiger partial charge in [0.05, 0.1) is 23.1 Å². The molecular formula is C26H31ClF3N3O6. The van der Waals surface area contributed by atoms with Crippen LogP contribution in [0.4, 0.5) is 13.2 Å². The fraction of sp³-hybridized carbons (Fsp3) is 0.615. The van der Waals surface area contributed by atoms with E-state index in [1.807, 2.05) is 0 Å². The van der Waals surface area contributed by atoms with Crippen LogP contribution in [0.3, 0.4) is 0 Å². The number of piperidine rings is 1. The molecule has 3 atom stereocenters. The third kappa shape index (κ3) is 6.16. The largest absolute Gasteiger partial charge is 0.480 e. The number of hydrogen-bond donors (Lipinski definition) is 2. The van der Waals surface area contributed by atoms with E-state index < -0.39 is 52.7 Å². The van der Waals surface area contributed by atoms with Crippen LogP contribution in [0.25, 0.3) is 0 Å². The van der Waals surface area contributed by atoms with Crippen LogP contribution >= 0.6 is 11.6 Å². The number of piperazine rings is 1. The highest BCUT2D eigenvalue weighted by molar-refractivity contribution is 6.31. The molecule has 2 saturated heterocycles. The van der Waals surface area contributed by atoms with Gasteiger partial charge in [-0.2, -0.15) is 13.2 Å². The molecule has 39 heavy (non-hydrogen) atoms. The number of likely N-dealkylation sites (tertiary alicyclic amines) is 1. The number of aliphatic hydroxyl groups is 1. The van der Waals surface area contributed by atoms with Gasteiger partial charge < -0.3 is 24.9 Å². The number of halogens is 4. The number of β-amino-alcohol motifs (C(OH)–C–C–N with tert-alkyl or cyclic N) is 1. The number of hydrogen-bond acceptors (Lipinski definition) is 5. The van der Waals surface area contributed by atoms with Gasteiger partial charge in [0.1, 0.15) is 12.1 Å². The van der Waals surface area contributed by atoms with Crippen molar-refractivity contribution in [3.05, 3.63) is 34.3 Å². The van der Waals surface area contributed by atoms with Crippen LogP contribution in [0, 0.1) is 5.41 Å². The van der Waals surface area contributed by atoms with Crippen molar-refractivity contribution in [3.8, 4) is 0 Å². The van der Waals surface area contributed by atoms with E-state index >= 15 is 0 Å². The summed E-state index contributed by atoms with van der Waals surface area (Å²) in [6.45, 7) is 2.14. The Morgan fingerprint density at radius 1 is 1.13 bits per heavy atom. The normalized spacial score (nSPS) is 23.6. The van der Waals surface area contributed by atoms with Gasteiger partial charge >= 0.3 is 12.1 Å². The van der Waals surface area contributed by atoms with E-state index in [2.05, 4.69) is 0 Å². The lowest BCUT2D eigenvalue weighted by Crippen LogP contribution is -2.61. The lowest BCUT2D eigenvalue weighted by atomic mass is 9.90. The molecule has 3 fully saturated rings. The minimum atomic E-state index is -4.63. The van der Waals surface area contributed by atoms with Crippen molar-refractivity contribution in [3.63, 3.8) is 0 Å². The zero-order valence-electron chi connectivity index (χ0n) is 21.4. The lowest BCUT2D eigenvalue weighted by molar-refractivity contribution is -0.159. The summed E-state index contributed by atoms with van der Waals surface area (Å²) in [7, 11) is 0. The Bertz CT molecular complexity index is 1160. The number of carbonyl (C=O) groups is 4. The zero-order valence-corrected chi connectivity index (χ0v) is 22.2. The molecule has 2 aliphatic heterocycles. The predicted octanol–water partition coefficient (Wildman–Crippen LogP) is 2.57. The van der Waals surface area contributed by atoms with E-state index in [9.17, 15) is 42.6 Å². The molecule has 3 amide bonds. The molecule has 214 valence electrons. The number of carbonyl (C=O) groups excluding carboxylic acids is 3. The smallest absolute Gasteiger partial charge is 0.417 e. The summed E-state index contributed by atoms with van der Waals surface area (Å²) >= 11 is 5.74. The molecule has 4 rings (SSSR count). The maximum Gasteiger partial charge on any atom is 0.417 e. The van der Waals surface area contributed by atoms with E-state index in [0.29, 0.717) is 13.0 Å². The van der Waals surface area contributed by atoms with Gasteiger partial charge in [-0.25, -0.2) is 4.79 Å². The van der Waals surface area contributed by atoms with Crippen LogP contribution in [0.2, 0.25) is 5.02 Å². The summed E-state index contributed by atoms with van der Waals surface area (Å²) in [6.07, 6.45) is -3.10. The molecule has 2 N–H and O–H groups in total. The van der Waals surface area contributed by atoms with Gasteiger partial charge in [-0.05, 0) is 55.7 Å². The Kier molecular flexibility index (Phi) is 8.18. The van der Waals surface area contributed by atoms with Gasteiger partial charge in [0.2, 0.25) is 17.7 Å². The second-order valence-electron chi connectivity index (χ2n) is 10.6. The maximum absolute atomic E-state index is 13.1.